The number of pyridine rings is 1. The van der Waals surface area contributed by atoms with Gasteiger partial charge < -0.3 is 9.72 Å². The molecule has 3 aromatic rings. The van der Waals surface area contributed by atoms with Crippen LogP contribution in [-0.2, 0) is 0 Å². The summed E-state index contributed by atoms with van der Waals surface area (Å²) in [4.78, 5) is 16.2. The van der Waals surface area contributed by atoms with Crippen LogP contribution < -0.4 is 5.32 Å². The number of hydrogen-bond acceptors (Lipinski definition) is 2. The third-order valence-corrected chi connectivity index (χ3v) is 3.41. The van der Waals surface area contributed by atoms with E-state index >= 15 is 0 Å². The smallest absolute Gasteiger partial charge is 0.275 e. The summed E-state index contributed by atoms with van der Waals surface area (Å²) in [5, 5.41) is 2.42. The summed E-state index contributed by atoms with van der Waals surface area (Å²) in [6, 6.07) is 6.47. The summed E-state index contributed by atoms with van der Waals surface area (Å²) in [6.45, 7) is 0. The van der Waals surface area contributed by atoms with Crippen LogP contribution in [0.25, 0.3) is 5.65 Å². The molecule has 0 aliphatic rings. The number of hydrogen-bond donors (Lipinski definition) is 1. The topological polar surface area (TPSA) is 46.4 Å². The van der Waals surface area contributed by atoms with Crippen molar-refractivity contribution in [2.75, 3.05) is 5.32 Å². The first-order valence-corrected chi connectivity index (χ1v) is 7.01. The molecule has 0 aliphatic carbocycles. The Kier molecular flexibility index (Phi) is 3.58. The molecule has 0 aliphatic heterocycles. The van der Waals surface area contributed by atoms with Crippen LogP contribution >= 0.6 is 22.6 Å². The van der Waals surface area contributed by atoms with Crippen LogP contribution in [0.15, 0.2) is 42.7 Å². The lowest BCUT2D eigenvalue weighted by atomic mass is 10.3. The first-order valence-electron chi connectivity index (χ1n) is 5.93. The fourth-order valence-electron chi connectivity index (χ4n) is 1.90. The Morgan fingerprint density at radius 3 is 2.57 bits per heavy atom. The zero-order valence-electron chi connectivity index (χ0n) is 10.5. The van der Waals surface area contributed by atoms with Crippen molar-refractivity contribution in [1.29, 1.82) is 0 Å². The van der Waals surface area contributed by atoms with Crippen molar-refractivity contribution in [1.82, 2.24) is 9.38 Å². The first-order chi connectivity index (χ1) is 10.0. The maximum Gasteiger partial charge on any atom is 0.275 e. The molecule has 0 bridgehead atoms. The third kappa shape index (κ3) is 3.02. The van der Waals surface area contributed by atoms with Gasteiger partial charge in [-0.3, -0.25) is 4.79 Å². The Hall–Kier alpha value is -2.03. The van der Waals surface area contributed by atoms with Crippen LogP contribution in [0.4, 0.5) is 14.5 Å². The summed E-state index contributed by atoms with van der Waals surface area (Å²) in [7, 11) is 0. The number of nitrogens with zero attached hydrogens (tertiary/aromatic N) is 2. The molecule has 3 rings (SSSR count). The molecule has 1 amide bonds. The van der Waals surface area contributed by atoms with Gasteiger partial charge in [0.2, 0.25) is 0 Å². The third-order valence-electron chi connectivity index (χ3n) is 2.77. The van der Waals surface area contributed by atoms with E-state index in [0.29, 0.717) is 5.65 Å². The van der Waals surface area contributed by atoms with Crippen molar-refractivity contribution < 1.29 is 13.6 Å². The normalized spacial score (nSPS) is 10.8. The highest BCUT2D eigenvalue weighted by atomic mass is 127. The van der Waals surface area contributed by atoms with Gasteiger partial charge in [0.1, 0.15) is 23.0 Å². The molecule has 1 N–H and O–H groups in total. The van der Waals surface area contributed by atoms with E-state index in [1.54, 1.807) is 16.7 Å². The van der Waals surface area contributed by atoms with Crippen molar-refractivity contribution in [2.24, 2.45) is 0 Å². The molecule has 21 heavy (non-hydrogen) atoms. The Labute approximate surface area is 131 Å². The number of anilines is 1. The van der Waals surface area contributed by atoms with Gasteiger partial charge in [0.15, 0.2) is 0 Å². The molecule has 0 radical (unpaired) electrons. The van der Waals surface area contributed by atoms with Gasteiger partial charge in [0, 0.05) is 27.7 Å². The van der Waals surface area contributed by atoms with Crippen LogP contribution in [0.3, 0.4) is 0 Å². The largest absolute Gasteiger partial charge is 0.320 e. The second kappa shape index (κ2) is 5.40. The van der Waals surface area contributed by atoms with Crippen molar-refractivity contribution >= 4 is 39.8 Å². The maximum absolute atomic E-state index is 13.1. The van der Waals surface area contributed by atoms with Crippen molar-refractivity contribution in [3.8, 4) is 0 Å². The van der Waals surface area contributed by atoms with E-state index in [1.807, 2.05) is 12.3 Å². The second-order valence-electron chi connectivity index (χ2n) is 4.35. The van der Waals surface area contributed by atoms with Gasteiger partial charge >= 0.3 is 0 Å². The lowest BCUT2D eigenvalue weighted by molar-refractivity contribution is 0.102. The van der Waals surface area contributed by atoms with Crippen molar-refractivity contribution in [2.45, 2.75) is 0 Å². The SMILES string of the molecule is O=C(Nc1cc(F)cc(F)c1)c1cn2cc(I)ccc2n1. The molecule has 2 heterocycles. The molecule has 7 heteroatoms. The van der Waals surface area contributed by atoms with Gasteiger partial charge in [0.05, 0.1) is 0 Å². The van der Waals surface area contributed by atoms with Crippen LogP contribution in [0.5, 0.6) is 0 Å². The lowest BCUT2D eigenvalue weighted by Crippen LogP contribution is -2.12. The summed E-state index contributed by atoms with van der Waals surface area (Å²) in [6.07, 6.45) is 3.38. The monoisotopic (exact) mass is 399 g/mol. The highest BCUT2D eigenvalue weighted by molar-refractivity contribution is 14.1. The predicted octanol–water partition coefficient (Wildman–Crippen LogP) is 3.47. The lowest BCUT2D eigenvalue weighted by Gasteiger charge is -2.03. The standard InChI is InChI=1S/C14H8F2IN3O/c15-8-3-9(16)5-11(4-8)18-14(21)12-7-20-6-10(17)1-2-13(20)19-12/h1-7H,(H,18,21). The molecule has 0 spiro atoms. The van der Waals surface area contributed by atoms with Crippen molar-refractivity contribution in [3.63, 3.8) is 0 Å². The minimum Gasteiger partial charge on any atom is -0.320 e. The number of benzene rings is 1. The van der Waals surface area contributed by atoms with Gasteiger partial charge in [-0.05, 0) is 46.9 Å². The summed E-state index contributed by atoms with van der Waals surface area (Å²) in [5.41, 5.74) is 0.830. The maximum atomic E-state index is 13.1. The summed E-state index contributed by atoms with van der Waals surface area (Å²) in [5.74, 6) is -2.04. The number of imidazole rings is 1. The Morgan fingerprint density at radius 2 is 1.86 bits per heavy atom. The van der Waals surface area contributed by atoms with Crippen LogP contribution in [0.2, 0.25) is 0 Å². The van der Waals surface area contributed by atoms with E-state index in [0.717, 1.165) is 21.8 Å². The first kappa shape index (κ1) is 13.9. The summed E-state index contributed by atoms with van der Waals surface area (Å²) < 4.78 is 28.9. The number of carbonyl (C=O) groups excluding carboxylic acids is 1. The quantitative estimate of drug-likeness (QED) is 0.671. The van der Waals surface area contributed by atoms with Gasteiger partial charge in [0.25, 0.3) is 5.91 Å². The van der Waals surface area contributed by atoms with Crippen molar-refractivity contribution in [3.05, 3.63) is 63.6 Å². The summed E-state index contributed by atoms with van der Waals surface area (Å²) >= 11 is 2.15. The molecule has 0 atom stereocenters. The van der Waals surface area contributed by atoms with Crippen LogP contribution in [-0.4, -0.2) is 15.3 Å². The van der Waals surface area contributed by atoms with E-state index in [9.17, 15) is 13.6 Å². The van der Waals surface area contributed by atoms with E-state index in [2.05, 4.69) is 32.9 Å². The number of aromatic nitrogens is 2. The van der Waals surface area contributed by atoms with E-state index in [-0.39, 0.29) is 11.4 Å². The highest BCUT2D eigenvalue weighted by Gasteiger charge is 2.12. The van der Waals surface area contributed by atoms with Crippen LogP contribution in [0.1, 0.15) is 10.5 Å². The molecule has 2 aromatic heterocycles. The molecule has 0 saturated heterocycles. The molecule has 0 unspecified atom stereocenters. The van der Waals surface area contributed by atoms with Gasteiger partial charge in [-0.2, -0.15) is 0 Å². The molecule has 0 fully saturated rings. The van der Waals surface area contributed by atoms with E-state index < -0.39 is 17.5 Å². The molecular formula is C14H8F2IN3O. The average Bonchev–Trinajstić information content (AvgIpc) is 2.80. The zero-order chi connectivity index (χ0) is 15.0. The number of amides is 1. The molecular weight excluding hydrogens is 391 g/mol. The minimum atomic E-state index is -0.755. The van der Waals surface area contributed by atoms with E-state index in [4.69, 9.17) is 0 Å². The number of halogens is 3. The number of carbonyl (C=O) groups is 1. The number of fused-ring (bicyclic) bond motifs is 1. The van der Waals surface area contributed by atoms with E-state index in [1.165, 1.54) is 0 Å². The fraction of sp³-hybridized carbons (Fsp3) is 0. The van der Waals surface area contributed by atoms with Gasteiger partial charge in [-0.15, -0.1) is 0 Å². The Morgan fingerprint density at radius 1 is 1.14 bits per heavy atom. The molecule has 0 saturated carbocycles. The predicted molar refractivity (Wildman–Crippen MR) is 82.2 cm³/mol. The minimum absolute atomic E-state index is 0.0455. The molecule has 1 aromatic carbocycles. The average molecular weight is 399 g/mol. The second-order valence-corrected chi connectivity index (χ2v) is 5.60. The van der Waals surface area contributed by atoms with Gasteiger partial charge in [-0.25, -0.2) is 13.8 Å². The van der Waals surface area contributed by atoms with Crippen LogP contribution in [0, 0.1) is 15.2 Å². The number of nitrogens with one attached hydrogen (secondary N) is 1. The molecule has 4 nitrogen and oxygen atoms in total. The highest BCUT2D eigenvalue weighted by Crippen LogP contribution is 2.15. The molecule has 106 valence electrons. The Balaban J connectivity index is 1.89. The zero-order valence-corrected chi connectivity index (χ0v) is 12.6. The van der Waals surface area contributed by atoms with Gasteiger partial charge in [-0.1, -0.05) is 0 Å². The fourth-order valence-corrected chi connectivity index (χ4v) is 2.38. The Bertz CT molecular complexity index is 827. The number of rotatable bonds is 2.